The van der Waals surface area contributed by atoms with Crippen molar-refractivity contribution in [2.75, 3.05) is 0 Å². The molecule has 0 aliphatic heterocycles. The fourth-order valence-corrected chi connectivity index (χ4v) is 2.37. The number of carbonyl (C=O) groups is 2. The standard InChI is InChI=1S/C15H13NO3S/c17-14(18)7-6-13-8-12(10-20-13)15(19)16-9-11-4-2-1-3-5-11/h1-8,10H,9H2,(H,16,19)(H,17,18). The lowest BCUT2D eigenvalue weighted by molar-refractivity contribution is -0.131. The number of carbonyl (C=O) groups excluding carboxylic acids is 1. The zero-order chi connectivity index (χ0) is 14.4. The van der Waals surface area contributed by atoms with Crippen molar-refractivity contribution in [1.29, 1.82) is 0 Å². The summed E-state index contributed by atoms with van der Waals surface area (Å²) in [6.45, 7) is 0.468. The topological polar surface area (TPSA) is 66.4 Å². The van der Waals surface area contributed by atoms with Crippen molar-refractivity contribution in [3.05, 3.63) is 63.9 Å². The minimum absolute atomic E-state index is 0.167. The third-order valence-corrected chi connectivity index (χ3v) is 3.47. The molecule has 0 unspecified atom stereocenters. The number of thiophene rings is 1. The minimum Gasteiger partial charge on any atom is -0.478 e. The lowest BCUT2D eigenvalue weighted by atomic mass is 10.2. The Morgan fingerprint density at radius 3 is 2.70 bits per heavy atom. The molecule has 0 saturated carbocycles. The van der Waals surface area contributed by atoms with Crippen molar-refractivity contribution in [2.45, 2.75) is 6.54 Å². The van der Waals surface area contributed by atoms with Gasteiger partial charge in [-0.3, -0.25) is 4.79 Å². The van der Waals surface area contributed by atoms with E-state index in [4.69, 9.17) is 5.11 Å². The van der Waals surface area contributed by atoms with Crippen LogP contribution in [0.15, 0.2) is 47.9 Å². The Morgan fingerprint density at radius 1 is 1.25 bits per heavy atom. The van der Waals surface area contributed by atoms with Crippen molar-refractivity contribution in [3.8, 4) is 0 Å². The molecule has 0 bridgehead atoms. The first-order valence-electron chi connectivity index (χ1n) is 5.97. The molecule has 0 aliphatic carbocycles. The Labute approximate surface area is 120 Å². The van der Waals surface area contributed by atoms with E-state index < -0.39 is 5.97 Å². The molecule has 1 aromatic carbocycles. The van der Waals surface area contributed by atoms with Crippen molar-refractivity contribution in [2.24, 2.45) is 0 Å². The predicted octanol–water partition coefficient (Wildman–Crippen LogP) is 2.78. The summed E-state index contributed by atoms with van der Waals surface area (Å²) >= 11 is 1.33. The number of benzene rings is 1. The van der Waals surface area contributed by atoms with Gasteiger partial charge in [-0.1, -0.05) is 30.3 Å². The third kappa shape index (κ3) is 4.07. The van der Waals surface area contributed by atoms with E-state index in [2.05, 4.69) is 5.32 Å². The van der Waals surface area contributed by atoms with Gasteiger partial charge >= 0.3 is 5.97 Å². The molecule has 1 heterocycles. The number of nitrogens with one attached hydrogen (secondary N) is 1. The van der Waals surface area contributed by atoms with Gasteiger partial charge in [-0.2, -0.15) is 0 Å². The van der Waals surface area contributed by atoms with E-state index in [9.17, 15) is 9.59 Å². The first kappa shape index (κ1) is 14.0. The SMILES string of the molecule is O=C(O)C=Cc1cc(C(=O)NCc2ccccc2)cs1. The van der Waals surface area contributed by atoms with Gasteiger partial charge < -0.3 is 10.4 Å². The fraction of sp³-hybridized carbons (Fsp3) is 0.0667. The molecule has 102 valence electrons. The highest BCUT2D eigenvalue weighted by atomic mass is 32.1. The van der Waals surface area contributed by atoms with E-state index in [0.29, 0.717) is 12.1 Å². The number of carboxylic acids is 1. The molecule has 2 rings (SSSR count). The van der Waals surface area contributed by atoms with Crippen molar-refractivity contribution in [3.63, 3.8) is 0 Å². The van der Waals surface area contributed by atoms with Gasteiger partial charge in [-0.05, 0) is 17.7 Å². The van der Waals surface area contributed by atoms with E-state index in [0.717, 1.165) is 16.5 Å². The summed E-state index contributed by atoms with van der Waals surface area (Å²) in [5.41, 5.74) is 1.57. The Morgan fingerprint density at radius 2 is 2.00 bits per heavy atom. The number of hydrogen-bond acceptors (Lipinski definition) is 3. The normalized spacial score (nSPS) is 10.6. The highest BCUT2D eigenvalue weighted by Crippen LogP contribution is 2.16. The molecule has 0 aliphatic rings. The third-order valence-electron chi connectivity index (χ3n) is 2.57. The Kier molecular flexibility index (Phi) is 4.68. The molecule has 0 radical (unpaired) electrons. The molecular formula is C15H13NO3S. The fourth-order valence-electron chi connectivity index (χ4n) is 1.59. The molecule has 4 nitrogen and oxygen atoms in total. The number of aliphatic carboxylic acids is 1. The molecule has 1 amide bonds. The van der Waals surface area contributed by atoms with Crippen LogP contribution in [-0.2, 0) is 11.3 Å². The van der Waals surface area contributed by atoms with Crippen LogP contribution in [0.4, 0.5) is 0 Å². The summed E-state index contributed by atoms with van der Waals surface area (Å²) in [7, 11) is 0. The second-order valence-electron chi connectivity index (χ2n) is 4.08. The second kappa shape index (κ2) is 6.68. The molecule has 0 saturated heterocycles. The average Bonchev–Trinajstić information content (AvgIpc) is 2.92. The van der Waals surface area contributed by atoms with Crippen LogP contribution in [0.3, 0.4) is 0 Å². The van der Waals surface area contributed by atoms with Crippen LogP contribution in [0.5, 0.6) is 0 Å². The maximum atomic E-state index is 11.9. The van der Waals surface area contributed by atoms with E-state index in [1.165, 1.54) is 17.4 Å². The smallest absolute Gasteiger partial charge is 0.328 e. The minimum atomic E-state index is -1.01. The number of hydrogen-bond donors (Lipinski definition) is 2. The highest BCUT2D eigenvalue weighted by molar-refractivity contribution is 7.11. The second-order valence-corrected chi connectivity index (χ2v) is 5.02. The molecule has 5 heteroatoms. The van der Waals surface area contributed by atoms with Gasteiger partial charge in [-0.15, -0.1) is 11.3 Å². The molecule has 20 heavy (non-hydrogen) atoms. The monoisotopic (exact) mass is 287 g/mol. The largest absolute Gasteiger partial charge is 0.478 e. The molecule has 1 aromatic heterocycles. The summed E-state index contributed by atoms with van der Waals surface area (Å²) in [6.07, 6.45) is 2.53. The van der Waals surface area contributed by atoms with E-state index in [-0.39, 0.29) is 5.91 Å². The van der Waals surface area contributed by atoms with Crippen LogP contribution >= 0.6 is 11.3 Å². The zero-order valence-electron chi connectivity index (χ0n) is 10.6. The van der Waals surface area contributed by atoms with Crippen molar-refractivity contribution >= 4 is 29.3 Å². The van der Waals surface area contributed by atoms with Crippen LogP contribution in [0.1, 0.15) is 20.8 Å². The molecular weight excluding hydrogens is 274 g/mol. The average molecular weight is 287 g/mol. The zero-order valence-corrected chi connectivity index (χ0v) is 11.4. The highest BCUT2D eigenvalue weighted by Gasteiger charge is 2.07. The summed E-state index contributed by atoms with van der Waals surface area (Å²) < 4.78 is 0. The van der Waals surface area contributed by atoms with Gasteiger partial charge in [0.15, 0.2) is 0 Å². The summed E-state index contributed by atoms with van der Waals surface area (Å²) in [5.74, 6) is -1.17. The molecule has 0 fully saturated rings. The Bertz CT molecular complexity index is 632. The number of rotatable bonds is 5. The number of amides is 1. The van der Waals surface area contributed by atoms with E-state index in [1.807, 2.05) is 30.3 Å². The van der Waals surface area contributed by atoms with Crippen molar-refractivity contribution in [1.82, 2.24) is 5.32 Å². The number of carboxylic acid groups (broad SMARTS) is 1. The predicted molar refractivity (Wildman–Crippen MR) is 78.6 cm³/mol. The molecule has 0 spiro atoms. The van der Waals surface area contributed by atoms with Crippen LogP contribution in [-0.4, -0.2) is 17.0 Å². The lowest BCUT2D eigenvalue weighted by Gasteiger charge is -2.03. The van der Waals surface area contributed by atoms with Gasteiger partial charge in [0, 0.05) is 22.9 Å². The maximum Gasteiger partial charge on any atom is 0.328 e. The summed E-state index contributed by atoms with van der Waals surface area (Å²) in [6, 6.07) is 11.3. The van der Waals surface area contributed by atoms with Gasteiger partial charge in [0.2, 0.25) is 0 Å². The Hall–Kier alpha value is -2.40. The van der Waals surface area contributed by atoms with Crippen molar-refractivity contribution < 1.29 is 14.7 Å². The molecule has 2 N–H and O–H groups in total. The van der Waals surface area contributed by atoms with Crippen LogP contribution in [0, 0.1) is 0 Å². The maximum absolute atomic E-state index is 11.9. The van der Waals surface area contributed by atoms with Crippen LogP contribution < -0.4 is 5.32 Å². The Balaban J connectivity index is 1.94. The van der Waals surface area contributed by atoms with Crippen LogP contribution in [0.2, 0.25) is 0 Å². The van der Waals surface area contributed by atoms with Crippen LogP contribution in [0.25, 0.3) is 6.08 Å². The first-order valence-corrected chi connectivity index (χ1v) is 6.85. The van der Waals surface area contributed by atoms with Gasteiger partial charge in [0.05, 0.1) is 5.56 Å². The van der Waals surface area contributed by atoms with Gasteiger partial charge in [0.25, 0.3) is 5.91 Å². The van der Waals surface area contributed by atoms with Gasteiger partial charge in [0.1, 0.15) is 0 Å². The molecule has 0 atom stereocenters. The van der Waals surface area contributed by atoms with E-state index in [1.54, 1.807) is 11.4 Å². The summed E-state index contributed by atoms with van der Waals surface area (Å²) in [5, 5.41) is 13.1. The quantitative estimate of drug-likeness (QED) is 0.831. The van der Waals surface area contributed by atoms with E-state index >= 15 is 0 Å². The van der Waals surface area contributed by atoms with Gasteiger partial charge in [-0.25, -0.2) is 4.79 Å². The molecule has 2 aromatic rings. The first-order chi connectivity index (χ1) is 9.65. The lowest BCUT2D eigenvalue weighted by Crippen LogP contribution is -2.22. The summed E-state index contributed by atoms with van der Waals surface area (Å²) in [4.78, 5) is 23.1.